The molecule has 29 heavy (non-hydrogen) atoms. The van der Waals surface area contributed by atoms with Crippen LogP contribution in [0.1, 0.15) is 38.3 Å². The van der Waals surface area contributed by atoms with Crippen LogP contribution in [-0.2, 0) is 21.0 Å². The number of sulfonamides is 1. The lowest BCUT2D eigenvalue weighted by atomic mass is 9.86. The quantitative estimate of drug-likeness (QED) is 0.770. The van der Waals surface area contributed by atoms with Crippen LogP contribution in [-0.4, -0.2) is 25.9 Å². The fraction of sp³-hybridized carbons (Fsp3) is 0.381. The zero-order valence-electron chi connectivity index (χ0n) is 16.7. The Morgan fingerprint density at radius 2 is 1.90 bits per heavy atom. The number of fused-ring (bicyclic) bond motifs is 2. The van der Waals surface area contributed by atoms with Gasteiger partial charge in [0.25, 0.3) is 10.0 Å². The van der Waals surface area contributed by atoms with E-state index in [0.717, 1.165) is 29.1 Å². The summed E-state index contributed by atoms with van der Waals surface area (Å²) in [6.45, 7) is 6.85. The van der Waals surface area contributed by atoms with Gasteiger partial charge in [-0.2, -0.15) is 0 Å². The first-order valence-electron chi connectivity index (χ1n) is 9.48. The molecule has 4 rings (SSSR count). The third-order valence-corrected chi connectivity index (χ3v) is 7.73. The van der Waals surface area contributed by atoms with Gasteiger partial charge in [0.2, 0.25) is 0 Å². The molecule has 2 aromatic rings. The Balaban J connectivity index is 1.64. The molecule has 1 spiro atoms. The number of hydrogen-bond donors (Lipinski definition) is 2. The maximum Gasteiger partial charge on any atom is 0.261 e. The lowest BCUT2D eigenvalue weighted by molar-refractivity contribution is 0.232. The van der Waals surface area contributed by atoms with Gasteiger partial charge in [0, 0.05) is 23.4 Å². The van der Waals surface area contributed by atoms with Gasteiger partial charge >= 0.3 is 0 Å². The Morgan fingerprint density at radius 1 is 1.17 bits per heavy atom. The van der Waals surface area contributed by atoms with Crippen molar-refractivity contribution in [2.75, 3.05) is 17.1 Å². The monoisotopic (exact) mass is 431 g/mol. The Bertz CT molecular complexity index is 1070. The lowest BCUT2D eigenvalue weighted by Crippen LogP contribution is -2.32. The number of ether oxygens (including phenoxy) is 1. The molecule has 0 aromatic heterocycles. The van der Waals surface area contributed by atoms with E-state index in [1.807, 2.05) is 18.2 Å². The van der Waals surface area contributed by atoms with Gasteiger partial charge in [-0.3, -0.25) is 9.71 Å². The molecule has 3 N–H and O–H groups in total. The number of nitrogens with one attached hydrogen (secondary N) is 1. The van der Waals surface area contributed by atoms with Crippen LogP contribution in [0.4, 0.5) is 5.69 Å². The van der Waals surface area contributed by atoms with Crippen LogP contribution < -0.4 is 15.2 Å². The van der Waals surface area contributed by atoms with Gasteiger partial charge in [-0.05, 0) is 41.3 Å². The second-order valence-electron chi connectivity index (χ2n) is 8.46. The van der Waals surface area contributed by atoms with Crippen molar-refractivity contribution in [3.63, 3.8) is 0 Å². The average Bonchev–Trinajstić information content (AvgIpc) is 3.03. The van der Waals surface area contributed by atoms with E-state index in [-0.39, 0.29) is 10.3 Å². The van der Waals surface area contributed by atoms with E-state index in [4.69, 9.17) is 10.5 Å². The Labute approximate surface area is 176 Å². The Hall–Kier alpha value is -2.19. The molecule has 2 aromatic carbocycles. The summed E-state index contributed by atoms with van der Waals surface area (Å²) in [4.78, 5) is 4.88. The minimum atomic E-state index is -3.70. The number of nitrogens with two attached hydrogens (primary N) is 1. The van der Waals surface area contributed by atoms with Crippen LogP contribution >= 0.6 is 11.8 Å². The molecular formula is C21H25N3O3S2. The zero-order valence-corrected chi connectivity index (χ0v) is 18.4. The first kappa shape index (κ1) is 20.1. The molecule has 2 heterocycles. The van der Waals surface area contributed by atoms with Crippen molar-refractivity contribution in [2.24, 2.45) is 10.7 Å². The number of aliphatic imine (C=N–C) groups is 1. The summed E-state index contributed by atoms with van der Waals surface area (Å²) in [6, 6.07) is 12.3. The molecule has 2 aliphatic rings. The molecule has 0 saturated carbocycles. The largest absolute Gasteiger partial charge is 0.493 e. The second kappa shape index (κ2) is 6.95. The second-order valence-corrected chi connectivity index (χ2v) is 11.1. The third-order valence-electron chi connectivity index (χ3n) is 5.32. The topological polar surface area (TPSA) is 93.8 Å². The fourth-order valence-corrected chi connectivity index (χ4v) is 5.67. The highest BCUT2D eigenvalue weighted by Gasteiger charge is 2.41. The number of rotatable bonds is 3. The van der Waals surface area contributed by atoms with Crippen molar-refractivity contribution in [1.29, 1.82) is 0 Å². The highest BCUT2D eigenvalue weighted by Crippen LogP contribution is 2.46. The normalized spacial score (nSPS) is 21.4. The predicted molar refractivity (Wildman–Crippen MR) is 118 cm³/mol. The third kappa shape index (κ3) is 3.83. The number of nitrogens with zero attached hydrogens (tertiary/aromatic N) is 1. The van der Waals surface area contributed by atoms with Gasteiger partial charge in [0.05, 0.1) is 11.5 Å². The minimum Gasteiger partial charge on any atom is -0.493 e. The fourth-order valence-electron chi connectivity index (χ4n) is 3.63. The van der Waals surface area contributed by atoms with E-state index in [1.54, 1.807) is 24.3 Å². The maximum atomic E-state index is 12.9. The van der Waals surface area contributed by atoms with Crippen molar-refractivity contribution >= 4 is 32.6 Å². The molecule has 0 radical (unpaired) electrons. The molecule has 0 aliphatic carbocycles. The van der Waals surface area contributed by atoms with Crippen LogP contribution in [0.25, 0.3) is 0 Å². The molecule has 0 saturated heterocycles. The molecule has 0 amide bonds. The van der Waals surface area contributed by atoms with E-state index in [2.05, 4.69) is 30.5 Å². The average molecular weight is 432 g/mol. The van der Waals surface area contributed by atoms with Crippen molar-refractivity contribution in [2.45, 2.75) is 43.0 Å². The first-order chi connectivity index (χ1) is 13.6. The number of benzene rings is 2. The summed E-state index contributed by atoms with van der Waals surface area (Å²) in [5.41, 5.74) is 7.88. The van der Waals surface area contributed by atoms with Gasteiger partial charge in [-0.25, -0.2) is 8.42 Å². The summed E-state index contributed by atoms with van der Waals surface area (Å²) in [7, 11) is -3.70. The van der Waals surface area contributed by atoms with Gasteiger partial charge in [-0.15, -0.1) is 0 Å². The van der Waals surface area contributed by atoms with Crippen molar-refractivity contribution in [3.05, 3.63) is 53.6 Å². The van der Waals surface area contributed by atoms with Crippen LogP contribution in [0.15, 0.2) is 52.4 Å². The molecule has 0 bridgehead atoms. The summed E-state index contributed by atoms with van der Waals surface area (Å²) in [5, 5.41) is 0.558. The highest BCUT2D eigenvalue weighted by atomic mass is 32.2. The van der Waals surface area contributed by atoms with Crippen LogP contribution in [0.5, 0.6) is 5.75 Å². The zero-order chi connectivity index (χ0) is 20.9. The van der Waals surface area contributed by atoms with Crippen LogP contribution in [0.3, 0.4) is 0 Å². The number of anilines is 1. The first-order valence-corrected chi connectivity index (χ1v) is 11.9. The molecular weight excluding hydrogens is 406 g/mol. The summed E-state index contributed by atoms with van der Waals surface area (Å²) < 4.78 is 34.3. The smallest absolute Gasteiger partial charge is 0.261 e. The van der Waals surface area contributed by atoms with Crippen LogP contribution in [0.2, 0.25) is 0 Å². The molecule has 1 atom stereocenters. The summed E-state index contributed by atoms with van der Waals surface area (Å²) in [5.74, 6) is 1.47. The van der Waals surface area contributed by atoms with Gasteiger partial charge < -0.3 is 10.5 Å². The van der Waals surface area contributed by atoms with Crippen molar-refractivity contribution < 1.29 is 13.2 Å². The highest BCUT2D eigenvalue weighted by molar-refractivity contribution is 8.14. The summed E-state index contributed by atoms with van der Waals surface area (Å²) >= 11 is 1.52. The Kier molecular flexibility index (Phi) is 4.82. The number of amidine groups is 1. The standard InChI is InChI=1S/C21H25N3O3S2/c1-20(2,3)14-4-7-16(8-5-14)29(25,26)24-15-6-9-18-17(12-15)21(10-11-27-18)13-28-19(22)23-21/h4-9,12,24H,10-11,13H2,1-3H3,(H2,22,23). The molecule has 154 valence electrons. The van der Waals surface area contributed by atoms with E-state index in [0.29, 0.717) is 17.5 Å². The Morgan fingerprint density at radius 3 is 2.52 bits per heavy atom. The van der Waals surface area contributed by atoms with E-state index >= 15 is 0 Å². The van der Waals surface area contributed by atoms with Gasteiger partial charge in [-0.1, -0.05) is 44.7 Å². The lowest BCUT2D eigenvalue weighted by Gasteiger charge is -2.32. The van der Waals surface area contributed by atoms with E-state index in [1.165, 1.54) is 11.8 Å². The molecule has 0 fully saturated rings. The molecule has 2 aliphatic heterocycles. The van der Waals surface area contributed by atoms with Crippen molar-refractivity contribution in [1.82, 2.24) is 0 Å². The van der Waals surface area contributed by atoms with Crippen molar-refractivity contribution in [3.8, 4) is 5.75 Å². The molecule has 1 unspecified atom stereocenters. The van der Waals surface area contributed by atoms with Gasteiger partial charge in [0.1, 0.15) is 11.3 Å². The number of thioether (sulfide) groups is 1. The van der Waals surface area contributed by atoms with Gasteiger partial charge in [0.15, 0.2) is 5.17 Å². The molecule has 6 nitrogen and oxygen atoms in total. The number of hydrogen-bond acceptors (Lipinski definition) is 6. The maximum absolute atomic E-state index is 12.9. The van der Waals surface area contributed by atoms with E-state index in [9.17, 15) is 8.42 Å². The molecule has 8 heteroatoms. The van der Waals surface area contributed by atoms with Crippen LogP contribution in [0, 0.1) is 0 Å². The predicted octanol–water partition coefficient (Wildman–Crippen LogP) is 3.82. The summed E-state index contributed by atoms with van der Waals surface area (Å²) in [6.07, 6.45) is 0.720. The van der Waals surface area contributed by atoms with E-state index < -0.39 is 15.6 Å². The SMILES string of the molecule is CC(C)(C)c1ccc(S(=O)(=O)Nc2ccc3c(c2)C2(CCO3)CSC(N)=N2)cc1. The minimum absolute atomic E-state index is 0.0375.